The van der Waals surface area contributed by atoms with Gasteiger partial charge >= 0.3 is 5.63 Å². The second-order valence-corrected chi connectivity index (χ2v) is 6.68. The van der Waals surface area contributed by atoms with Crippen LogP contribution in [0.2, 0.25) is 0 Å². The molecule has 1 amide bonds. The summed E-state index contributed by atoms with van der Waals surface area (Å²) in [6, 6.07) is 8.50. The van der Waals surface area contributed by atoms with Gasteiger partial charge in [0.15, 0.2) is 6.61 Å². The number of hydrogen-bond acceptors (Lipinski definition) is 4. The minimum atomic E-state index is -0.405. The fourth-order valence-corrected chi connectivity index (χ4v) is 3.31. The van der Waals surface area contributed by atoms with Crippen molar-refractivity contribution in [2.75, 3.05) is 6.61 Å². The van der Waals surface area contributed by atoms with E-state index in [-0.39, 0.29) is 18.6 Å². The Balaban J connectivity index is 1.59. The molecule has 1 aliphatic rings. The van der Waals surface area contributed by atoms with E-state index in [9.17, 15) is 9.59 Å². The standard InChI is InChI=1S/C19H23NO4/c1-12-4-3-5-16(13(12)2)20-18(21)11-23-15-8-6-14-7-9-19(22)24-17(14)10-15/h6-10,12-13,16H,3-5,11H2,1-2H3,(H,20,21)/t12-,13+,16-/m0/s1. The summed E-state index contributed by atoms with van der Waals surface area (Å²) in [4.78, 5) is 23.4. The molecule has 1 aromatic heterocycles. The monoisotopic (exact) mass is 329 g/mol. The fraction of sp³-hybridized carbons (Fsp3) is 0.474. The van der Waals surface area contributed by atoms with Gasteiger partial charge in [-0.2, -0.15) is 0 Å². The van der Waals surface area contributed by atoms with Gasteiger partial charge in [0.2, 0.25) is 0 Å². The normalized spacial score (nSPS) is 23.8. The molecule has 0 spiro atoms. The molecule has 5 nitrogen and oxygen atoms in total. The van der Waals surface area contributed by atoms with Crippen LogP contribution in [-0.2, 0) is 4.79 Å². The summed E-state index contributed by atoms with van der Waals surface area (Å²) in [6.07, 6.45) is 3.41. The summed E-state index contributed by atoms with van der Waals surface area (Å²) >= 11 is 0. The number of hydrogen-bond donors (Lipinski definition) is 1. The Kier molecular flexibility index (Phi) is 4.88. The SMILES string of the molecule is C[C@H]1[C@@H](NC(=O)COc2ccc3ccc(=O)oc3c2)CCC[C@@H]1C. The molecule has 128 valence electrons. The second kappa shape index (κ2) is 7.07. The predicted molar refractivity (Wildman–Crippen MR) is 92.1 cm³/mol. The van der Waals surface area contributed by atoms with Crippen molar-refractivity contribution in [2.45, 2.75) is 39.2 Å². The van der Waals surface area contributed by atoms with Crippen molar-refractivity contribution >= 4 is 16.9 Å². The Morgan fingerprint density at radius 2 is 2.04 bits per heavy atom. The molecule has 1 N–H and O–H groups in total. The van der Waals surface area contributed by atoms with E-state index in [2.05, 4.69) is 19.2 Å². The first kappa shape index (κ1) is 16.6. The lowest BCUT2D eigenvalue weighted by molar-refractivity contribution is -0.124. The summed E-state index contributed by atoms with van der Waals surface area (Å²) in [6.45, 7) is 4.39. The van der Waals surface area contributed by atoms with Gasteiger partial charge in [0, 0.05) is 23.6 Å². The predicted octanol–water partition coefficient (Wildman–Crippen LogP) is 3.11. The van der Waals surface area contributed by atoms with Gasteiger partial charge in [-0.3, -0.25) is 4.79 Å². The molecule has 3 rings (SSSR count). The van der Waals surface area contributed by atoms with E-state index in [0.717, 1.165) is 18.2 Å². The van der Waals surface area contributed by atoms with Crippen LogP contribution in [0, 0.1) is 11.8 Å². The lowest BCUT2D eigenvalue weighted by Crippen LogP contribution is -2.45. The van der Waals surface area contributed by atoms with E-state index < -0.39 is 5.63 Å². The third-order valence-electron chi connectivity index (χ3n) is 5.02. The highest BCUT2D eigenvalue weighted by Gasteiger charge is 2.28. The first-order chi connectivity index (χ1) is 11.5. The first-order valence-electron chi connectivity index (χ1n) is 8.49. The van der Waals surface area contributed by atoms with Crippen LogP contribution in [0.1, 0.15) is 33.1 Å². The molecular weight excluding hydrogens is 306 g/mol. The van der Waals surface area contributed by atoms with Gasteiger partial charge in [-0.15, -0.1) is 0 Å². The van der Waals surface area contributed by atoms with Crippen LogP contribution >= 0.6 is 0 Å². The molecule has 0 aliphatic heterocycles. The smallest absolute Gasteiger partial charge is 0.336 e. The van der Waals surface area contributed by atoms with Gasteiger partial charge in [0.25, 0.3) is 5.91 Å². The van der Waals surface area contributed by atoms with E-state index in [0.29, 0.717) is 23.2 Å². The molecule has 24 heavy (non-hydrogen) atoms. The Hall–Kier alpha value is -2.30. The molecule has 1 saturated carbocycles. The van der Waals surface area contributed by atoms with Crippen molar-refractivity contribution in [3.05, 3.63) is 40.8 Å². The number of amides is 1. The topological polar surface area (TPSA) is 68.5 Å². The van der Waals surface area contributed by atoms with Crippen LogP contribution in [0.4, 0.5) is 0 Å². The molecule has 0 radical (unpaired) electrons. The molecular formula is C19H23NO4. The summed E-state index contributed by atoms with van der Waals surface area (Å²) < 4.78 is 10.7. The summed E-state index contributed by atoms with van der Waals surface area (Å²) in [5, 5.41) is 3.89. The number of benzene rings is 1. The zero-order chi connectivity index (χ0) is 17.1. The van der Waals surface area contributed by atoms with Crippen molar-refractivity contribution < 1.29 is 13.9 Å². The summed E-state index contributed by atoms with van der Waals surface area (Å²) in [5.41, 5.74) is 0.0490. The minimum absolute atomic E-state index is 0.0415. The lowest BCUT2D eigenvalue weighted by Gasteiger charge is -2.34. The summed E-state index contributed by atoms with van der Waals surface area (Å²) in [7, 11) is 0. The van der Waals surface area contributed by atoms with Gasteiger partial charge in [-0.1, -0.05) is 26.7 Å². The molecule has 0 bridgehead atoms. The zero-order valence-corrected chi connectivity index (χ0v) is 14.1. The third-order valence-corrected chi connectivity index (χ3v) is 5.02. The van der Waals surface area contributed by atoms with Crippen LogP contribution in [0.15, 0.2) is 39.5 Å². The van der Waals surface area contributed by atoms with Crippen LogP contribution in [-0.4, -0.2) is 18.6 Å². The van der Waals surface area contributed by atoms with Crippen molar-refractivity contribution in [2.24, 2.45) is 11.8 Å². The molecule has 0 unspecified atom stereocenters. The van der Waals surface area contributed by atoms with Gasteiger partial charge < -0.3 is 14.5 Å². The molecule has 1 heterocycles. The van der Waals surface area contributed by atoms with Crippen molar-refractivity contribution in [1.29, 1.82) is 0 Å². The molecule has 5 heteroatoms. The molecule has 3 atom stereocenters. The Labute approximate surface area is 141 Å². The number of fused-ring (bicyclic) bond motifs is 1. The molecule has 1 aromatic carbocycles. The number of nitrogens with one attached hydrogen (secondary N) is 1. The van der Waals surface area contributed by atoms with Crippen molar-refractivity contribution in [1.82, 2.24) is 5.32 Å². The molecule has 1 aliphatic carbocycles. The average molecular weight is 329 g/mol. The Bertz CT molecular complexity index is 782. The second-order valence-electron chi connectivity index (χ2n) is 6.68. The quantitative estimate of drug-likeness (QED) is 0.875. The molecule has 0 saturated heterocycles. The van der Waals surface area contributed by atoms with E-state index in [4.69, 9.17) is 9.15 Å². The van der Waals surface area contributed by atoms with Crippen molar-refractivity contribution in [3.63, 3.8) is 0 Å². The van der Waals surface area contributed by atoms with Gasteiger partial charge in [-0.25, -0.2) is 4.79 Å². The number of ether oxygens (including phenoxy) is 1. The number of rotatable bonds is 4. The Morgan fingerprint density at radius 1 is 1.25 bits per heavy atom. The van der Waals surface area contributed by atoms with Crippen molar-refractivity contribution in [3.8, 4) is 5.75 Å². The summed E-state index contributed by atoms with van der Waals surface area (Å²) in [5.74, 6) is 1.51. The molecule has 1 fully saturated rings. The van der Waals surface area contributed by atoms with Gasteiger partial charge in [0.1, 0.15) is 11.3 Å². The van der Waals surface area contributed by atoms with Crippen LogP contribution in [0.25, 0.3) is 11.0 Å². The number of carbonyl (C=O) groups excluding carboxylic acids is 1. The van der Waals surface area contributed by atoms with E-state index >= 15 is 0 Å². The highest BCUT2D eigenvalue weighted by Crippen LogP contribution is 2.29. The van der Waals surface area contributed by atoms with E-state index in [1.807, 2.05) is 0 Å². The maximum atomic E-state index is 12.1. The maximum absolute atomic E-state index is 12.1. The lowest BCUT2D eigenvalue weighted by atomic mass is 9.78. The fourth-order valence-electron chi connectivity index (χ4n) is 3.31. The minimum Gasteiger partial charge on any atom is -0.484 e. The maximum Gasteiger partial charge on any atom is 0.336 e. The van der Waals surface area contributed by atoms with Gasteiger partial charge in [-0.05, 0) is 36.5 Å². The highest BCUT2D eigenvalue weighted by atomic mass is 16.5. The van der Waals surface area contributed by atoms with E-state index in [1.54, 1.807) is 24.3 Å². The first-order valence-corrected chi connectivity index (χ1v) is 8.49. The van der Waals surface area contributed by atoms with Crippen LogP contribution < -0.4 is 15.7 Å². The number of carbonyl (C=O) groups is 1. The van der Waals surface area contributed by atoms with Crippen LogP contribution in [0.5, 0.6) is 5.75 Å². The molecule has 2 aromatic rings. The Morgan fingerprint density at radius 3 is 2.88 bits per heavy atom. The average Bonchev–Trinajstić information content (AvgIpc) is 2.57. The van der Waals surface area contributed by atoms with E-state index in [1.165, 1.54) is 12.5 Å². The zero-order valence-electron chi connectivity index (χ0n) is 14.1. The van der Waals surface area contributed by atoms with Crippen LogP contribution in [0.3, 0.4) is 0 Å². The third kappa shape index (κ3) is 3.78. The largest absolute Gasteiger partial charge is 0.484 e. The highest BCUT2D eigenvalue weighted by molar-refractivity contribution is 5.79. The van der Waals surface area contributed by atoms with Gasteiger partial charge in [0.05, 0.1) is 0 Å².